The number of methoxy groups -OCH3 is 1. The van der Waals surface area contributed by atoms with Gasteiger partial charge in [0.25, 0.3) is 0 Å². The first-order chi connectivity index (χ1) is 7.79. The Morgan fingerprint density at radius 3 is 2.88 bits per heavy atom. The number of nitrogens with two attached hydrogens (primary N) is 1. The number of hydrogen-bond donors (Lipinski definition) is 1. The van der Waals surface area contributed by atoms with E-state index in [0.29, 0.717) is 12.5 Å². The molecule has 0 aliphatic carbocycles. The number of pyridine rings is 1. The van der Waals surface area contributed by atoms with Gasteiger partial charge in [-0.15, -0.1) is 0 Å². The van der Waals surface area contributed by atoms with Gasteiger partial charge in [-0.25, -0.2) is 4.99 Å². The van der Waals surface area contributed by atoms with Crippen molar-refractivity contribution in [3.63, 3.8) is 0 Å². The highest BCUT2D eigenvalue weighted by molar-refractivity contribution is 5.78. The number of nitrogens with zero attached hydrogens (tertiary/aromatic N) is 3. The van der Waals surface area contributed by atoms with Crippen LogP contribution in [0.1, 0.15) is 12.1 Å². The molecule has 5 nitrogen and oxygen atoms in total. The molecular weight excluding hydrogens is 204 g/mol. The minimum atomic E-state index is 0.520. The van der Waals surface area contributed by atoms with Gasteiger partial charge in [-0.3, -0.25) is 4.98 Å². The molecule has 86 valence electrons. The van der Waals surface area contributed by atoms with Crippen LogP contribution in [0.3, 0.4) is 0 Å². The van der Waals surface area contributed by atoms with E-state index in [2.05, 4.69) is 14.9 Å². The molecule has 0 radical (unpaired) electrons. The van der Waals surface area contributed by atoms with Crippen molar-refractivity contribution in [2.45, 2.75) is 13.0 Å². The van der Waals surface area contributed by atoms with Crippen LogP contribution in [0.4, 0.5) is 0 Å². The summed E-state index contributed by atoms with van der Waals surface area (Å²) in [7, 11) is 1.62. The second-order valence-electron chi connectivity index (χ2n) is 3.70. The number of aromatic nitrogens is 1. The standard InChI is InChI=1S/C11H16N4O/c1-16-10-4-3-9(13-8-10)7-14-11(12)15-5-2-6-15/h3-4,8H,2,5-7H2,1H3,(H2,12,14). The highest BCUT2D eigenvalue weighted by Gasteiger charge is 2.15. The fourth-order valence-corrected chi connectivity index (χ4v) is 1.43. The van der Waals surface area contributed by atoms with Gasteiger partial charge in [0.1, 0.15) is 5.75 Å². The molecule has 0 spiro atoms. The average molecular weight is 220 g/mol. The highest BCUT2D eigenvalue weighted by atomic mass is 16.5. The van der Waals surface area contributed by atoms with E-state index >= 15 is 0 Å². The van der Waals surface area contributed by atoms with Crippen LogP contribution >= 0.6 is 0 Å². The lowest BCUT2D eigenvalue weighted by Crippen LogP contribution is -2.46. The average Bonchev–Trinajstić information content (AvgIpc) is 2.25. The molecule has 1 fully saturated rings. The van der Waals surface area contributed by atoms with E-state index in [-0.39, 0.29) is 0 Å². The van der Waals surface area contributed by atoms with Crippen LogP contribution in [0.25, 0.3) is 0 Å². The molecule has 2 rings (SSSR count). The number of rotatable bonds is 3. The summed E-state index contributed by atoms with van der Waals surface area (Å²) in [5.41, 5.74) is 6.70. The monoisotopic (exact) mass is 220 g/mol. The Bertz CT molecular complexity index is 370. The quantitative estimate of drug-likeness (QED) is 0.599. The summed E-state index contributed by atoms with van der Waals surface area (Å²) in [6, 6.07) is 3.77. The van der Waals surface area contributed by atoms with Crippen LogP contribution in [0.15, 0.2) is 23.3 Å². The first kappa shape index (κ1) is 10.7. The number of likely N-dealkylation sites (tertiary alicyclic amines) is 1. The number of guanidine groups is 1. The lowest BCUT2D eigenvalue weighted by atomic mass is 10.2. The molecule has 0 unspecified atom stereocenters. The lowest BCUT2D eigenvalue weighted by molar-refractivity contribution is 0.295. The van der Waals surface area contributed by atoms with Crippen molar-refractivity contribution in [1.82, 2.24) is 9.88 Å². The van der Waals surface area contributed by atoms with Crippen LogP contribution in [0.2, 0.25) is 0 Å². The molecule has 0 saturated carbocycles. The molecule has 2 N–H and O–H groups in total. The third kappa shape index (κ3) is 2.42. The topological polar surface area (TPSA) is 63.7 Å². The smallest absolute Gasteiger partial charge is 0.191 e. The fraction of sp³-hybridized carbons (Fsp3) is 0.455. The van der Waals surface area contributed by atoms with Gasteiger partial charge in [0.05, 0.1) is 25.5 Å². The molecule has 5 heteroatoms. The molecular formula is C11H16N4O. The minimum Gasteiger partial charge on any atom is -0.495 e. The summed E-state index contributed by atoms with van der Waals surface area (Å²) in [5, 5.41) is 0. The Morgan fingerprint density at radius 2 is 2.38 bits per heavy atom. The van der Waals surface area contributed by atoms with Crippen molar-refractivity contribution in [3.8, 4) is 5.75 Å². The molecule has 1 aromatic rings. The zero-order chi connectivity index (χ0) is 11.4. The Labute approximate surface area is 94.9 Å². The first-order valence-corrected chi connectivity index (χ1v) is 5.33. The zero-order valence-electron chi connectivity index (χ0n) is 9.39. The molecule has 0 atom stereocenters. The second-order valence-corrected chi connectivity index (χ2v) is 3.70. The van der Waals surface area contributed by atoms with Gasteiger partial charge in [0.15, 0.2) is 5.96 Å². The molecule has 1 aliphatic rings. The van der Waals surface area contributed by atoms with Crippen LogP contribution in [-0.2, 0) is 6.54 Å². The summed E-state index contributed by atoms with van der Waals surface area (Å²) in [6.07, 6.45) is 2.89. The minimum absolute atomic E-state index is 0.520. The predicted octanol–water partition coefficient (Wildman–Crippen LogP) is 0.611. The summed E-state index contributed by atoms with van der Waals surface area (Å²) >= 11 is 0. The molecule has 0 amide bonds. The Kier molecular flexibility index (Phi) is 3.24. The van der Waals surface area contributed by atoms with Gasteiger partial charge in [-0.05, 0) is 18.6 Å². The van der Waals surface area contributed by atoms with E-state index in [1.54, 1.807) is 13.3 Å². The van der Waals surface area contributed by atoms with Gasteiger partial charge >= 0.3 is 0 Å². The molecule has 0 bridgehead atoms. The van der Waals surface area contributed by atoms with E-state index in [9.17, 15) is 0 Å². The Hall–Kier alpha value is -1.78. The van der Waals surface area contributed by atoms with Crippen LogP contribution in [-0.4, -0.2) is 36.0 Å². The number of hydrogen-bond acceptors (Lipinski definition) is 3. The summed E-state index contributed by atoms with van der Waals surface area (Å²) < 4.78 is 5.03. The third-order valence-electron chi connectivity index (χ3n) is 2.62. The van der Waals surface area contributed by atoms with Crippen molar-refractivity contribution >= 4 is 5.96 Å². The van der Waals surface area contributed by atoms with Crippen molar-refractivity contribution in [2.24, 2.45) is 10.7 Å². The van der Waals surface area contributed by atoms with Gasteiger partial charge in [-0.2, -0.15) is 0 Å². The zero-order valence-corrected chi connectivity index (χ0v) is 9.39. The van der Waals surface area contributed by atoms with Gasteiger partial charge < -0.3 is 15.4 Å². The first-order valence-electron chi connectivity index (χ1n) is 5.33. The Morgan fingerprint density at radius 1 is 1.56 bits per heavy atom. The van der Waals surface area contributed by atoms with E-state index in [4.69, 9.17) is 10.5 Å². The summed E-state index contributed by atoms with van der Waals surface area (Å²) in [5.74, 6) is 1.37. The molecule has 1 aromatic heterocycles. The van der Waals surface area contributed by atoms with E-state index < -0.39 is 0 Å². The Balaban J connectivity index is 1.92. The largest absolute Gasteiger partial charge is 0.495 e. The van der Waals surface area contributed by atoms with Crippen molar-refractivity contribution < 1.29 is 4.74 Å². The summed E-state index contributed by atoms with van der Waals surface area (Å²) in [4.78, 5) is 10.6. The van der Waals surface area contributed by atoms with E-state index in [1.807, 2.05) is 12.1 Å². The number of ether oxygens (including phenoxy) is 1. The molecule has 1 aliphatic heterocycles. The van der Waals surface area contributed by atoms with Gasteiger partial charge in [0, 0.05) is 13.1 Å². The maximum absolute atomic E-state index is 5.81. The van der Waals surface area contributed by atoms with E-state index in [0.717, 1.165) is 24.5 Å². The van der Waals surface area contributed by atoms with Crippen molar-refractivity contribution in [2.75, 3.05) is 20.2 Å². The van der Waals surface area contributed by atoms with Crippen LogP contribution in [0.5, 0.6) is 5.75 Å². The third-order valence-corrected chi connectivity index (χ3v) is 2.62. The van der Waals surface area contributed by atoms with Crippen molar-refractivity contribution in [3.05, 3.63) is 24.0 Å². The van der Waals surface area contributed by atoms with Gasteiger partial charge in [0.2, 0.25) is 0 Å². The lowest BCUT2D eigenvalue weighted by Gasteiger charge is -2.31. The second kappa shape index (κ2) is 4.83. The normalized spacial score (nSPS) is 15.8. The SMILES string of the molecule is COc1ccc(CN=C(N)N2CCC2)nc1. The predicted molar refractivity (Wildman–Crippen MR) is 62.3 cm³/mol. The number of aliphatic imine (C=N–C) groups is 1. The van der Waals surface area contributed by atoms with Gasteiger partial charge in [-0.1, -0.05) is 0 Å². The maximum Gasteiger partial charge on any atom is 0.191 e. The highest BCUT2D eigenvalue weighted by Crippen LogP contribution is 2.09. The fourth-order valence-electron chi connectivity index (χ4n) is 1.43. The summed E-state index contributed by atoms with van der Waals surface area (Å²) in [6.45, 7) is 2.56. The molecule has 0 aromatic carbocycles. The molecule has 16 heavy (non-hydrogen) atoms. The van der Waals surface area contributed by atoms with Crippen LogP contribution < -0.4 is 10.5 Å². The van der Waals surface area contributed by atoms with Crippen molar-refractivity contribution in [1.29, 1.82) is 0 Å². The van der Waals surface area contributed by atoms with Crippen LogP contribution in [0, 0.1) is 0 Å². The van der Waals surface area contributed by atoms with E-state index in [1.165, 1.54) is 6.42 Å². The molecule has 2 heterocycles. The maximum atomic E-state index is 5.81. The molecule has 1 saturated heterocycles.